The van der Waals surface area contributed by atoms with Gasteiger partial charge in [0.25, 0.3) is 0 Å². The second-order valence-electron chi connectivity index (χ2n) is 2.96. The van der Waals surface area contributed by atoms with Crippen LogP contribution in [0.3, 0.4) is 0 Å². The van der Waals surface area contributed by atoms with E-state index in [0.717, 1.165) is 12.8 Å². The van der Waals surface area contributed by atoms with Crippen molar-refractivity contribution in [3.63, 3.8) is 0 Å². The molecule has 3 nitrogen and oxygen atoms in total. The molecule has 0 amide bonds. The minimum Gasteiger partial charge on any atom is -0.488 e. The summed E-state index contributed by atoms with van der Waals surface area (Å²) < 4.78 is 6.13. The first-order valence-electron chi connectivity index (χ1n) is 4.08. The molecule has 1 aliphatic rings. The third-order valence-electron chi connectivity index (χ3n) is 1.77. The molecule has 68 valence electrons. The quantitative estimate of drug-likeness (QED) is 0.602. The van der Waals surface area contributed by atoms with Crippen molar-refractivity contribution in [2.45, 2.75) is 18.9 Å². The van der Waals surface area contributed by atoms with Crippen LogP contribution in [-0.2, 0) is 0 Å². The number of aromatic nitrogens is 1. The van der Waals surface area contributed by atoms with Gasteiger partial charge in [-0.15, -0.1) is 0 Å². The maximum Gasteiger partial charge on any atom is 0.168 e. The summed E-state index contributed by atoms with van der Waals surface area (Å²) >= 11 is 3.25. The van der Waals surface area contributed by atoms with Gasteiger partial charge in [-0.2, -0.15) is 0 Å². The van der Waals surface area contributed by atoms with Gasteiger partial charge in [-0.3, -0.25) is 4.79 Å². The average molecular weight is 242 g/mol. The number of ether oxygens (including phenoxy) is 1. The molecular formula is C9H8BrNO2. The van der Waals surface area contributed by atoms with Gasteiger partial charge in [0.2, 0.25) is 0 Å². The van der Waals surface area contributed by atoms with Crippen molar-refractivity contribution in [3.05, 3.63) is 22.4 Å². The monoisotopic (exact) mass is 241 g/mol. The molecule has 0 bridgehead atoms. The summed E-state index contributed by atoms with van der Waals surface area (Å²) in [5, 5.41) is 0. The summed E-state index contributed by atoms with van der Waals surface area (Å²) in [6.45, 7) is 0. The number of nitrogens with zero attached hydrogens (tertiary/aromatic N) is 1. The summed E-state index contributed by atoms with van der Waals surface area (Å²) in [7, 11) is 0. The van der Waals surface area contributed by atoms with Gasteiger partial charge in [-0.1, -0.05) is 0 Å². The summed E-state index contributed by atoms with van der Waals surface area (Å²) in [4.78, 5) is 14.4. The summed E-state index contributed by atoms with van der Waals surface area (Å²) in [5.41, 5.74) is 0.412. The largest absolute Gasteiger partial charge is 0.488 e. The molecule has 0 aromatic carbocycles. The summed E-state index contributed by atoms with van der Waals surface area (Å²) in [6, 6.07) is 3.41. The molecule has 2 rings (SSSR count). The second-order valence-corrected chi connectivity index (χ2v) is 3.71. The number of aldehydes is 1. The van der Waals surface area contributed by atoms with Crippen molar-refractivity contribution >= 4 is 22.2 Å². The topological polar surface area (TPSA) is 39.2 Å². The van der Waals surface area contributed by atoms with Crippen molar-refractivity contribution in [3.8, 4) is 5.75 Å². The van der Waals surface area contributed by atoms with Gasteiger partial charge < -0.3 is 4.74 Å². The fourth-order valence-corrected chi connectivity index (χ4v) is 1.38. The Morgan fingerprint density at radius 3 is 2.85 bits per heavy atom. The predicted octanol–water partition coefficient (Wildman–Crippen LogP) is 2.20. The molecule has 1 heterocycles. The van der Waals surface area contributed by atoms with Gasteiger partial charge in [0, 0.05) is 0 Å². The Kier molecular flexibility index (Phi) is 2.31. The molecule has 4 heteroatoms. The average Bonchev–Trinajstić information content (AvgIpc) is 2.92. The maximum absolute atomic E-state index is 10.4. The molecular weight excluding hydrogens is 234 g/mol. The van der Waals surface area contributed by atoms with E-state index >= 15 is 0 Å². The lowest BCUT2D eigenvalue weighted by atomic mass is 10.4. The molecule has 1 saturated carbocycles. The fraction of sp³-hybridized carbons (Fsp3) is 0.333. The van der Waals surface area contributed by atoms with Gasteiger partial charge in [0.15, 0.2) is 12.0 Å². The first kappa shape index (κ1) is 8.69. The van der Waals surface area contributed by atoms with Gasteiger partial charge >= 0.3 is 0 Å². The van der Waals surface area contributed by atoms with Crippen LogP contribution < -0.4 is 4.74 Å². The molecule has 0 spiro atoms. The maximum atomic E-state index is 10.4. The predicted molar refractivity (Wildman–Crippen MR) is 51.0 cm³/mol. The zero-order valence-corrected chi connectivity index (χ0v) is 8.45. The number of carbonyl (C=O) groups is 1. The number of rotatable bonds is 3. The van der Waals surface area contributed by atoms with Crippen LogP contribution >= 0.6 is 15.9 Å². The number of halogens is 1. The highest BCUT2D eigenvalue weighted by atomic mass is 79.9. The lowest BCUT2D eigenvalue weighted by Crippen LogP contribution is -1.98. The lowest BCUT2D eigenvalue weighted by molar-refractivity contribution is 0.111. The van der Waals surface area contributed by atoms with E-state index in [0.29, 0.717) is 28.4 Å². The van der Waals surface area contributed by atoms with E-state index in [1.165, 1.54) is 0 Å². The Hall–Kier alpha value is -0.900. The Balaban J connectivity index is 2.20. The lowest BCUT2D eigenvalue weighted by Gasteiger charge is -2.05. The minimum absolute atomic E-state index is 0.347. The first-order chi connectivity index (χ1) is 6.29. The van der Waals surface area contributed by atoms with Crippen LogP contribution in [-0.4, -0.2) is 17.4 Å². The van der Waals surface area contributed by atoms with Crippen LogP contribution in [0.15, 0.2) is 16.7 Å². The van der Waals surface area contributed by atoms with Crippen LogP contribution in [0, 0.1) is 0 Å². The van der Waals surface area contributed by atoms with Crippen LogP contribution in [0.1, 0.15) is 23.3 Å². The molecule has 0 radical (unpaired) electrons. The smallest absolute Gasteiger partial charge is 0.168 e. The van der Waals surface area contributed by atoms with E-state index in [1.807, 2.05) is 0 Å². The molecule has 0 aliphatic heterocycles. The van der Waals surface area contributed by atoms with Crippen LogP contribution in [0.4, 0.5) is 0 Å². The Morgan fingerprint density at radius 1 is 1.54 bits per heavy atom. The van der Waals surface area contributed by atoms with E-state index in [9.17, 15) is 4.79 Å². The number of hydrogen-bond acceptors (Lipinski definition) is 3. The SMILES string of the molecule is O=Cc1ccc(OC2CC2)c(Br)n1. The first-order valence-corrected chi connectivity index (χ1v) is 4.87. The van der Waals surface area contributed by atoms with Gasteiger partial charge in [0.1, 0.15) is 10.3 Å². The highest BCUT2D eigenvalue weighted by molar-refractivity contribution is 9.10. The third kappa shape index (κ3) is 2.06. The van der Waals surface area contributed by atoms with Gasteiger partial charge in [0.05, 0.1) is 6.10 Å². The minimum atomic E-state index is 0.347. The Labute approximate surface area is 84.2 Å². The molecule has 0 unspecified atom stereocenters. The van der Waals surface area contributed by atoms with Crippen LogP contribution in [0.25, 0.3) is 0 Å². The van der Waals surface area contributed by atoms with E-state index in [1.54, 1.807) is 12.1 Å². The van der Waals surface area contributed by atoms with Gasteiger partial charge in [-0.05, 0) is 40.9 Å². The van der Waals surface area contributed by atoms with Crippen LogP contribution in [0.2, 0.25) is 0 Å². The highest BCUT2D eigenvalue weighted by Gasteiger charge is 2.24. The number of hydrogen-bond donors (Lipinski definition) is 0. The van der Waals surface area contributed by atoms with Gasteiger partial charge in [-0.25, -0.2) is 4.98 Å². The van der Waals surface area contributed by atoms with E-state index in [4.69, 9.17) is 4.74 Å². The normalized spacial score (nSPS) is 15.5. The summed E-state index contributed by atoms with van der Waals surface area (Å²) in [6.07, 6.45) is 3.29. The van der Waals surface area contributed by atoms with Crippen LogP contribution in [0.5, 0.6) is 5.75 Å². The van der Waals surface area contributed by atoms with Crippen molar-refractivity contribution < 1.29 is 9.53 Å². The molecule has 1 aromatic heterocycles. The van der Waals surface area contributed by atoms with E-state index in [-0.39, 0.29) is 0 Å². The molecule has 0 saturated heterocycles. The van der Waals surface area contributed by atoms with E-state index in [2.05, 4.69) is 20.9 Å². The zero-order chi connectivity index (χ0) is 9.26. The molecule has 13 heavy (non-hydrogen) atoms. The van der Waals surface area contributed by atoms with E-state index < -0.39 is 0 Å². The third-order valence-corrected chi connectivity index (χ3v) is 2.34. The Morgan fingerprint density at radius 2 is 2.31 bits per heavy atom. The fourth-order valence-electron chi connectivity index (χ4n) is 0.955. The van der Waals surface area contributed by atoms with Crippen molar-refractivity contribution in [1.82, 2.24) is 4.98 Å². The van der Waals surface area contributed by atoms with Crippen molar-refractivity contribution in [2.24, 2.45) is 0 Å². The molecule has 0 atom stereocenters. The second kappa shape index (κ2) is 3.46. The number of carbonyl (C=O) groups excluding carboxylic acids is 1. The highest BCUT2D eigenvalue weighted by Crippen LogP contribution is 2.30. The van der Waals surface area contributed by atoms with Crippen molar-refractivity contribution in [1.29, 1.82) is 0 Å². The molecule has 1 aromatic rings. The standard InChI is InChI=1S/C9H8BrNO2/c10-9-8(13-7-2-3-7)4-1-6(5-12)11-9/h1,4-5,7H,2-3H2. The van der Waals surface area contributed by atoms with Crippen molar-refractivity contribution in [2.75, 3.05) is 0 Å². The number of pyridine rings is 1. The summed E-state index contributed by atoms with van der Waals surface area (Å²) in [5.74, 6) is 0.716. The Bertz CT molecular complexity index is 336. The zero-order valence-electron chi connectivity index (χ0n) is 6.87. The molecule has 1 fully saturated rings. The molecule has 0 N–H and O–H groups in total. The molecule has 1 aliphatic carbocycles.